The van der Waals surface area contributed by atoms with E-state index in [1.54, 1.807) is 12.1 Å². The number of rotatable bonds is 4. The average molecular weight is 194 g/mol. The lowest BCUT2D eigenvalue weighted by atomic mass is 10.0. The smallest absolute Gasteiger partial charge is 0.168 e. The highest BCUT2D eigenvalue weighted by molar-refractivity contribution is 5.98. The Balaban J connectivity index is 3.03. The van der Waals surface area contributed by atoms with E-state index in [9.17, 15) is 4.79 Å². The van der Waals surface area contributed by atoms with E-state index in [0.29, 0.717) is 11.3 Å². The SMILES string of the molecule is COc1ccc(C)cc1C(=O)CCO. The summed E-state index contributed by atoms with van der Waals surface area (Å²) in [6.07, 6.45) is 0.139. The summed E-state index contributed by atoms with van der Waals surface area (Å²) in [4.78, 5) is 11.5. The Morgan fingerprint density at radius 3 is 2.79 bits per heavy atom. The van der Waals surface area contributed by atoms with Gasteiger partial charge in [0.1, 0.15) is 5.75 Å². The molecule has 3 heteroatoms. The van der Waals surface area contributed by atoms with Gasteiger partial charge in [-0.1, -0.05) is 11.6 Å². The lowest BCUT2D eigenvalue weighted by Crippen LogP contribution is -2.04. The van der Waals surface area contributed by atoms with Crippen LogP contribution in [0.4, 0.5) is 0 Å². The average Bonchev–Trinajstić information content (AvgIpc) is 2.18. The Labute approximate surface area is 83.3 Å². The number of ketones is 1. The zero-order valence-corrected chi connectivity index (χ0v) is 8.41. The summed E-state index contributed by atoms with van der Waals surface area (Å²) >= 11 is 0. The Hall–Kier alpha value is -1.35. The standard InChI is InChI=1S/C11H14O3/c1-8-3-4-11(14-2)9(7-8)10(13)5-6-12/h3-4,7,12H,5-6H2,1-2H3. The maximum atomic E-state index is 11.5. The van der Waals surface area contributed by atoms with Crippen molar-refractivity contribution in [2.24, 2.45) is 0 Å². The van der Waals surface area contributed by atoms with Gasteiger partial charge in [0.2, 0.25) is 0 Å². The molecule has 1 aromatic carbocycles. The van der Waals surface area contributed by atoms with Crippen LogP contribution in [0.5, 0.6) is 5.75 Å². The van der Waals surface area contributed by atoms with Crippen LogP contribution in [0.1, 0.15) is 22.3 Å². The molecule has 0 saturated heterocycles. The number of aliphatic hydroxyl groups is 1. The van der Waals surface area contributed by atoms with Crippen LogP contribution in [-0.2, 0) is 0 Å². The predicted octanol–water partition coefficient (Wildman–Crippen LogP) is 1.57. The first-order valence-corrected chi connectivity index (χ1v) is 4.47. The van der Waals surface area contributed by atoms with Gasteiger partial charge >= 0.3 is 0 Å². The van der Waals surface area contributed by atoms with Crippen molar-refractivity contribution in [2.45, 2.75) is 13.3 Å². The predicted molar refractivity (Wildman–Crippen MR) is 53.8 cm³/mol. The normalized spacial score (nSPS) is 9.93. The summed E-state index contributed by atoms with van der Waals surface area (Å²) < 4.78 is 5.07. The first-order chi connectivity index (χ1) is 6.69. The van der Waals surface area contributed by atoms with Crippen molar-refractivity contribution in [2.75, 3.05) is 13.7 Å². The molecule has 0 aromatic heterocycles. The molecule has 0 heterocycles. The third kappa shape index (κ3) is 2.33. The van der Waals surface area contributed by atoms with Crippen molar-refractivity contribution in [3.05, 3.63) is 29.3 Å². The third-order valence-corrected chi connectivity index (χ3v) is 1.99. The van der Waals surface area contributed by atoms with E-state index in [0.717, 1.165) is 5.56 Å². The van der Waals surface area contributed by atoms with Crippen LogP contribution >= 0.6 is 0 Å². The van der Waals surface area contributed by atoms with Crippen molar-refractivity contribution in [1.82, 2.24) is 0 Å². The van der Waals surface area contributed by atoms with Gasteiger partial charge in [0, 0.05) is 6.42 Å². The van der Waals surface area contributed by atoms with Crippen LogP contribution in [-0.4, -0.2) is 24.6 Å². The highest BCUT2D eigenvalue weighted by atomic mass is 16.5. The largest absolute Gasteiger partial charge is 0.496 e. The molecule has 0 fully saturated rings. The number of hydrogen-bond donors (Lipinski definition) is 1. The molecule has 0 saturated carbocycles. The van der Waals surface area contributed by atoms with Crippen LogP contribution in [0, 0.1) is 6.92 Å². The molecule has 0 aliphatic rings. The second kappa shape index (κ2) is 4.77. The van der Waals surface area contributed by atoms with E-state index in [2.05, 4.69) is 0 Å². The van der Waals surface area contributed by atoms with Crippen molar-refractivity contribution < 1.29 is 14.6 Å². The molecule has 0 unspecified atom stereocenters. The number of hydrogen-bond acceptors (Lipinski definition) is 3. The molecule has 0 bridgehead atoms. The lowest BCUT2D eigenvalue weighted by molar-refractivity contribution is 0.0953. The van der Waals surface area contributed by atoms with Gasteiger partial charge in [-0.25, -0.2) is 0 Å². The van der Waals surface area contributed by atoms with E-state index < -0.39 is 0 Å². The van der Waals surface area contributed by atoms with Gasteiger partial charge in [-0.05, 0) is 19.1 Å². The molecule has 14 heavy (non-hydrogen) atoms. The van der Waals surface area contributed by atoms with E-state index in [4.69, 9.17) is 9.84 Å². The van der Waals surface area contributed by atoms with Gasteiger partial charge in [-0.15, -0.1) is 0 Å². The zero-order chi connectivity index (χ0) is 10.6. The summed E-state index contributed by atoms with van der Waals surface area (Å²) in [6, 6.07) is 5.42. The fourth-order valence-corrected chi connectivity index (χ4v) is 1.28. The number of benzene rings is 1. The van der Waals surface area contributed by atoms with Gasteiger partial charge < -0.3 is 9.84 Å². The van der Waals surface area contributed by atoms with Gasteiger partial charge in [0.05, 0.1) is 19.3 Å². The number of Topliss-reactive ketones (excluding diaryl/α,β-unsaturated/α-hetero) is 1. The zero-order valence-electron chi connectivity index (χ0n) is 8.41. The van der Waals surface area contributed by atoms with E-state index in [1.165, 1.54) is 7.11 Å². The van der Waals surface area contributed by atoms with Crippen molar-refractivity contribution >= 4 is 5.78 Å². The van der Waals surface area contributed by atoms with Crippen LogP contribution in [0.15, 0.2) is 18.2 Å². The summed E-state index contributed by atoms with van der Waals surface area (Å²) in [7, 11) is 1.53. The van der Waals surface area contributed by atoms with Gasteiger partial charge in [-0.2, -0.15) is 0 Å². The maximum Gasteiger partial charge on any atom is 0.168 e. The Bertz CT molecular complexity index is 331. The van der Waals surface area contributed by atoms with E-state index in [-0.39, 0.29) is 18.8 Å². The summed E-state index contributed by atoms with van der Waals surface area (Å²) in [5.41, 5.74) is 1.55. The van der Waals surface area contributed by atoms with Crippen molar-refractivity contribution in [1.29, 1.82) is 0 Å². The number of carbonyl (C=O) groups excluding carboxylic acids is 1. The van der Waals surface area contributed by atoms with Crippen LogP contribution in [0.3, 0.4) is 0 Å². The molecular formula is C11H14O3. The Morgan fingerprint density at radius 1 is 1.50 bits per heavy atom. The number of carbonyl (C=O) groups is 1. The van der Waals surface area contributed by atoms with Gasteiger partial charge in [0.25, 0.3) is 0 Å². The molecule has 76 valence electrons. The minimum Gasteiger partial charge on any atom is -0.496 e. The number of methoxy groups -OCH3 is 1. The Morgan fingerprint density at radius 2 is 2.21 bits per heavy atom. The molecule has 0 amide bonds. The molecule has 1 aromatic rings. The van der Waals surface area contributed by atoms with Gasteiger partial charge in [-0.3, -0.25) is 4.79 Å². The molecular weight excluding hydrogens is 180 g/mol. The monoisotopic (exact) mass is 194 g/mol. The molecule has 0 spiro atoms. The number of aryl methyl sites for hydroxylation is 1. The molecule has 0 aliphatic carbocycles. The molecule has 0 atom stereocenters. The minimum absolute atomic E-state index is 0.0898. The first-order valence-electron chi connectivity index (χ1n) is 4.47. The van der Waals surface area contributed by atoms with E-state index in [1.807, 2.05) is 13.0 Å². The first kappa shape index (κ1) is 10.7. The topological polar surface area (TPSA) is 46.5 Å². The van der Waals surface area contributed by atoms with Crippen molar-refractivity contribution in [3.63, 3.8) is 0 Å². The second-order valence-electron chi connectivity index (χ2n) is 3.10. The minimum atomic E-state index is -0.129. The molecule has 3 nitrogen and oxygen atoms in total. The number of aliphatic hydroxyl groups excluding tert-OH is 1. The Kier molecular flexibility index (Phi) is 3.65. The highest BCUT2D eigenvalue weighted by Gasteiger charge is 2.11. The molecule has 0 aliphatic heterocycles. The quantitative estimate of drug-likeness (QED) is 0.740. The summed E-state index contributed by atoms with van der Waals surface area (Å²) in [5.74, 6) is 0.474. The molecule has 1 rings (SSSR count). The van der Waals surface area contributed by atoms with Crippen molar-refractivity contribution in [3.8, 4) is 5.75 Å². The number of ether oxygens (including phenoxy) is 1. The third-order valence-electron chi connectivity index (χ3n) is 1.99. The van der Waals surface area contributed by atoms with E-state index >= 15 is 0 Å². The maximum absolute atomic E-state index is 11.5. The summed E-state index contributed by atoms with van der Waals surface area (Å²) in [5, 5.41) is 8.67. The lowest BCUT2D eigenvalue weighted by Gasteiger charge is -2.07. The van der Waals surface area contributed by atoms with Gasteiger partial charge in [0.15, 0.2) is 5.78 Å². The second-order valence-corrected chi connectivity index (χ2v) is 3.10. The van der Waals surface area contributed by atoms with Crippen LogP contribution < -0.4 is 4.74 Å². The van der Waals surface area contributed by atoms with Crippen LogP contribution in [0.2, 0.25) is 0 Å². The summed E-state index contributed by atoms with van der Waals surface area (Å²) in [6.45, 7) is 1.78. The fourth-order valence-electron chi connectivity index (χ4n) is 1.28. The van der Waals surface area contributed by atoms with Crippen LogP contribution in [0.25, 0.3) is 0 Å². The molecule has 1 N–H and O–H groups in total. The highest BCUT2D eigenvalue weighted by Crippen LogP contribution is 2.20. The molecule has 0 radical (unpaired) electrons. The fraction of sp³-hybridized carbons (Fsp3) is 0.364.